The number of imidazole rings is 1. The maximum atomic E-state index is 5.39. The van der Waals surface area contributed by atoms with Crippen molar-refractivity contribution in [2.45, 2.75) is 6.42 Å². The Morgan fingerprint density at radius 1 is 1.24 bits per heavy atom. The van der Waals surface area contributed by atoms with Gasteiger partial charge in [0.25, 0.3) is 0 Å². The minimum absolute atomic E-state index is 0.734. The third-order valence-corrected chi connectivity index (χ3v) is 3.91. The Morgan fingerprint density at radius 2 is 2.14 bits per heavy atom. The number of piperazine rings is 1. The molecule has 0 saturated carbocycles. The van der Waals surface area contributed by atoms with Crippen LogP contribution in [0, 0.1) is 0 Å². The average molecular weight is 282 g/mol. The predicted octanol–water partition coefficient (Wildman–Crippen LogP) is 1.93. The lowest BCUT2D eigenvalue weighted by atomic mass is 10.3. The van der Waals surface area contributed by atoms with Gasteiger partial charge in [-0.2, -0.15) is 0 Å². The number of nitrogens with one attached hydrogen (secondary N) is 1. The van der Waals surface area contributed by atoms with Crippen LogP contribution in [0.2, 0.25) is 0 Å². The summed E-state index contributed by atoms with van der Waals surface area (Å²) < 4.78 is 7.46. The van der Waals surface area contributed by atoms with Crippen LogP contribution in [0.1, 0.15) is 11.5 Å². The van der Waals surface area contributed by atoms with E-state index >= 15 is 0 Å². The van der Waals surface area contributed by atoms with Crippen molar-refractivity contribution >= 4 is 11.3 Å². The number of nitrogens with zero attached hydrogens (tertiary/aromatic N) is 3. The second-order valence-electron chi connectivity index (χ2n) is 5.38. The molecule has 1 N–H and O–H groups in total. The number of furan rings is 1. The van der Waals surface area contributed by atoms with Crippen LogP contribution in [-0.2, 0) is 6.42 Å². The first-order valence-corrected chi connectivity index (χ1v) is 7.34. The maximum absolute atomic E-state index is 5.39. The van der Waals surface area contributed by atoms with Gasteiger partial charge in [0.1, 0.15) is 11.4 Å². The number of anilines is 1. The van der Waals surface area contributed by atoms with E-state index in [1.807, 2.05) is 12.1 Å². The molecule has 3 aromatic rings. The molecule has 3 aromatic heterocycles. The molecule has 1 aliphatic heterocycles. The third-order valence-electron chi connectivity index (χ3n) is 3.91. The second kappa shape index (κ2) is 5.26. The number of hydrogen-bond acceptors (Lipinski definition) is 4. The van der Waals surface area contributed by atoms with Crippen molar-refractivity contribution in [3.63, 3.8) is 0 Å². The second-order valence-corrected chi connectivity index (χ2v) is 5.38. The molecule has 4 rings (SSSR count). The normalized spacial score (nSPS) is 15.7. The largest absolute Gasteiger partial charge is 0.469 e. The predicted molar refractivity (Wildman–Crippen MR) is 81.8 cm³/mol. The molecule has 1 fully saturated rings. The Hall–Kier alpha value is -2.27. The summed E-state index contributed by atoms with van der Waals surface area (Å²) in [5, 5.41) is 3.38. The molecule has 5 nitrogen and oxygen atoms in total. The van der Waals surface area contributed by atoms with Gasteiger partial charge in [0.05, 0.1) is 12.0 Å². The van der Waals surface area contributed by atoms with Crippen LogP contribution in [0.5, 0.6) is 0 Å². The zero-order chi connectivity index (χ0) is 14.1. The first-order valence-electron chi connectivity index (χ1n) is 7.34. The van der Waals surface area contributed by atoms with Crippen LogP contribution >= 0.6 is 0 Å². The van der Waals surface area contributed by atoms with Gasteiger partial charge in [-0.1, -0.05) is 0 Å². The fourth-order valence-corrected chi connectivity index (χ4v) is 2.82. The van der Waals surface area contributed by atoms with Gasteiger partial charge >= 0.3 is 0 Å². The number of rotatable bonds is 3. The highest BCUT2D eigenvalue weighted by molar-refractivity contribution is 5.57. The van der Waals surface area contributed by atoms with E-state index in [0.29, 0.717) is 0 Å². The van der Waals surface area contributed by atoms with Gasteiger partial charge in [-0.15, -0.1) is 0 Å². The molecular formula is C16H18N4O. The van der Waals surface area contributed by atoms with E-state index in [1.54, 1.807) is 6.26 Å². The van der Waals surface area contributed by atoms with Crippen molar-refractivity contribution in [2.75, 3.05) is 31.1 Å². The highest BCUT2D eigenvalue weighted by Gasteiger charge is 2.12. The van der Waals surface area contributed by atoms with E-state index in [-0.39, 0.29) is 0 Å². The van der Waals surface area contributed by atoms with Crippen LogP contribution in [0.3, 0.4) is 0 Å². The zero-order valence-corrected chi connectivity index (χ0v) is 11.8. The molecule has 0 amide bonds. The number of hydrogen-bond donors (Lipinski definition) is 1. The summed E-state index contributed by atoms with van der Waals surface area (Å²) in [4.78, 5) is 7.10. The van der Waals surface area contributed by atoms with Crippen LogP contribution < -0.4 is 10.2 Å². The molecule has 0 spiro atoms. The molecular weight excluding hydrogens is 264 g/mol. The minimum atomic E-state index is 0.734. The summed E-state index contributed by atoms with van der Waals surface area (Å²) in [5.74, 6) is 0.945. The topological polar surface area (TPSA) is 45.7 Å². The van der Waals surface area contributed by atoms with Gasteiger partial charge in [0.2, 0.25) is 0 Å². The van der Waals surface area contributed by atoms with Crippen molar-refractivity contribution in [2.24, 2.45) is 0 Å². The van der Waals surface area contributed by atoms with E-state index in [9.17, 15) is 0 Å². The van der Waals surface area contributed by atoms with E-state index in [1.165, 1.54) is 5.69 Å². The highest BCUT2D eigenvalue weighted by Crippen LogP contribution is 2.18. The zero-order valence-electron chi connectivity index (χ0n) is 11.8. The highest BCUT2D eigenvalue weighted by atomic mass is 16.3. The summed E-state index contributed by atoms with van der Waals surface area (Å²) in [6, 6.07) is 8.22. The summed E-state index contributed by atoms with van der Waals surface area (Å²) in [6.07, 6.45) is 6.59. The van der Waals surface area contributed by atoms with Crippen molar-refractivity contribution in [1.29, 1.82) is 0 Å². The Balaban J connectivity index is 1.61. The van der Waals surface area contributed by atoms with Gasteiger partial charge in [-0.05, 0) is 18.2 Å². The molecule has 0 radical (unpaired) electrons. The molecule has 0 aromatic carbocycles. The molecule has 0 atom stereocenters. The van der Waals surface area contributed by atoms with Gasteiger partial charge in [-0.25, -0.2) is 4.98 Å². The van der Waals surface area contributed by atoms with E-state index in [2.05, 4.69) is 39.1 Å². The number of pyridine rings is 1. The van der Waals surface area contributed by atoms with E-state index in [4.69, 9.17) is 9.40 Å². The quantitative estimate of drug-likeness (QED) is 0.797. The standard InChI is InChI=1S/C16H18N4O/c1-2-15(21-9-1)10-13-12-20-6-3-14(11-16(20)18-13)19-7-4-17-5-8-19/h1-3,6,9,11-12,17H,4-5,7-8,10H2. The summed E-state index contributed by atoms with van der Waals surface area (Å²) in [7, 11) is 0. The fraction of sp³-hybridized carbons (Fsp3) is 0.312. The summed E-state index contributed by atoms with van der Waals surface area (Å²) in [6.45, 7) is 4.19. The van der Waals surface area contributed by atoms with E-state index < -0.39 is 0 Å². The average Bonchev–Trinajstić information content (AvgIpc) is 3.16. The van der Waals surface area contributed by atoms with Gasteiger partial charge in [-0.3, -0.25) is 0 Å². The summed E-state index contributed by atoms with van der Waals surface area (Å²) >= 11 is 0. The molecule has 108 valence electrons. The SMILES string of the molecule is c1coc(Cc2cn3ccc(N4CCNCC4)cc3n2)c1. The molecule has 21 heavy (non-hydrogen) atoms. The Kier molecular flexibility index (Phi) is 3.12. The molecule has 1 aliphatic rings. The van der Waals surface area contributed by atoms with Crippen molar-refractivity contribution in [3.05, 3.63) is 54.4 Å². The van der Waals surface area contributed by atoms with Crippen LogP contribution in [0.25, 0.3) is 5.65 Å². The first kappa shape index (κ1) is 12.5. The van der Waals surface area contributed by atoms with Crippen LogP contribution in [0.4, 0.5) is 5.69 Å². The molecule has 1 saturated heterocycles. The maximum Gasteiger partial charge on any atom is 0.139 e. The molecule has 0 unspecified atom stereocenters. The lowest BCUT2D eigenvalue weighted by Gasteiger charge is -2.29. The van der Waals surface area contributed by atoms with Crippen molar-refractivity contribution < 1.29 is 4.42 Å². The number of aromatic nitrogens is 2. The monoisotopic (exact) mass is 282 g/mol. The van der Waals surface area contributed by atoms with Crippen molar-refractivity contribution in [1.82, 2.24) is 14.7 Å². The lowest BCUT2D eigenvalue weighted by molar-refractivity contribution is 0.519. The molecule has 0 aliphatic carbocycles. The Morgan fingerprint density at radius 3 is 2.95 bits per heavy atom. The van der Waals surface area contributed by atoms with Crippen LogP contribution in [0.15, 0.2) is 47.3 Å². The fourth-order valence-electron chi connectivity index (χ4n) is 2.82. The first-order chi connectivity index (χ1) is 10.4. The van der Waals surface area contributed by atoms with Crippen molar-refractivity contribution in [3.8, 4) is 0 Å². The molecule has 5 heteroatoms. The minimum Gasteiger partial charge on any atom is -0.469 e. The Labute approximate surface area is 123 Å². The summed E-state index contributed by atoms with van der Waals surface area (Å²) in [5.41, 5.74) is 3.27. The Bertz CT molecular complexity index is 726. The van der Waals surface area contributed by atoms with Gasteiger partial charge < -0.3 is 19.0 Å². The van der Waals surface area contributed by atoms with Gasteiger partial charge in [0.15, 0.2) is 0 Å². The lowest BCUT2D eigenvalue weighted by Crippen LogP contribution is -2.43. The van der Waals surface area contributed by atoms with Gasteiger partial charge in [0, 0.05) is 56.7 Å². The van der Waals surface area contributed by atoms with Crippen LogP contribution in [-0.4, -0.2) is 35.6 Å². The smallest absolute Gasteiger partial charge is 0.139 e. The van der Waals surface area contributed by atoms with E-state index in [0.717, 1.165) is 49.7 Å². The third kappa shape index (κ3) is 2.52. The number of fused-ring (bicyclic) bond motifs is 1. The molecule has 4 heterocycles. The molecule has 0 bridgehead atoms.